The molecular weight excluding hydrogens is 182 g/mol. The molecule has 0 radical (unpaired) electrons. The monoisotopic (exact) mass is 196 g/mol. The van der Waals surface area contributed by atoms with E-state index in [4.69, 9.17) is 0 Å². The Balaban J connectivity index is 2.38. The molecule has 2 unspecified atom stereocenters. The lowest BCUT2D eigenvalue weighted by Gasteiger charge is -2.36. The second-order valence-corrected chi connectivity index (χ2v) is 3.80. The van der Waals surface area contributed by atoms with E-state index in [0.717, 1.165) is 0 Å². The molecule has 1 rings (SSSR count). The average Bonchev–Trinajstić information content (AvgIpc) is 1.94. The molecule has 1 heterocycles. The van der Waals surface area contributed by atoms with Crippen LogP contribution in [0, 0.1) is 5.92 Å². The number of nitrogens with zero attached hydrogens (tertiary/aromatic N) is 1. The first-order valence-corrected chi connectivity index (χ1v) is 4.50. The Morgan fingerprint density at radius 2 is 2.08 bits per heavy atom. The predicted molar refractivity (Wildman–Crippen MR) is 45.3 cm³/mol. The molecule has 0 bridgehead atoms. The van der Waals surface area contributed by atoms with Crippen molar-refractivity contribution in [2.24, 2.45) is 5.92 Å². The van der Waals surface area contributed by atoms with Crippen LogP contribution in [0.4, 0.5) is 12.9 Å². The van der Waals surface area contributed by atoms with Gasteiger partial charge in [0.25, 0.3) is 0 Å². The third-order valence-electron chi connectivity index (χ3n) is 2.41. The van der Waals surface area contributed by atoms with E-state index in [9.17, 15) is 18.1 Å². The molecule has 0 amide bonds. The third-order valence-corrected chi connectivity index (χ3v) is 2.41. The number of hydrogen-bond donors (Lipinski definition) is 1. The summed E-state index contributed by atoms with van der Waals surface area (Å²) in [4.78, 5) is 1.37. The van der Waals surface area contributed by atoms with E-state index in [1.165, 1.54) is 4.90 Å². The lowest BCUT2D eigenvalue weighted by Crippen LogP contribution is -2.47. The van der Waals surface area contributed by atoms with Crippen molar-refractivity contribution in [1.82, 2.24) is 4.90 Å². The van der Waals surface area contributed by atoms with E-state index < -0.39 is 19.5 Å². The van der Waals surface area contributed by atoms with Gasteiger partial charge in [-0.15, -0.1) is 0 Å². The molecule has 0 aromatic rings. The van der Waals surface area contributed by atoms with Gasteiger partial charge in [-0.2, -0.15) is 0 Å². The molecule has 2 atom stereocenters. The van der Waals surface area contributed by atoms with Gasteiger partial charge >= 0.3 is 6.98 Å². The fourth-order valence-electron chi connectivity index (χ4n) is 1.68. The van der Waals surface area contributed by atoms with E-state index in [-0.39, 0.29) is 5.92 Å². The summed E-state index contributed by atoms with van der Waals surface area (Å²) < 4.78 is 36.1. The minimum Gasteiger partial charge on any atom is -0.448 e. The van der Waals surface area contributed by atoms with Gasteiger partial charge in [0, 0.05) is 0 Å². The Hall–Kier alpha value is -0.225. The number of hydrogen-bond acceptors (Lipinski definition) is 2. The van der Waals surface area contributed by atoms with Crippen molar-refractivity contribution in [2.75, 3.05) is 19.5 Å². The van der Waals surface area contributed by atoms with Crippen LogP contribution in [0.15, 0.2) is 0 Å². The highest BCUT2D eigenvalue weighted by molar-refractivity contribution is 6.58. The Morgan fingerprint density at radius 1 is 1.46 bits per heavy atom. The van der Waals surface area contributed by atoms with Gasteiger partial charge < -0.3 is 23.0 Å². The summed E-state index contributed by atoms with van der Waals surface area (Å²) in [7, 11) is 0. The van der Waals surface area contributed by atoms with E-state index in [2.05, 4.69) is 0 Å². The minimum atomic E-state index is -4.72. The first kappa shape index (κ1) is 10.9. The van der Waals surface area contributed by atoms with Crippen LogP contribution < -0.4 is 0 Å². The van der Waals surface area contributed by atoms with E-state index >= 15 is 0 Å². The van der Waals surface area contributed by atoms with Crippen molar-refractivity contribution >= 4 is 6.98 Å². The maximum Gasteiger partial charge on any atom is 0.492 e. The molecule has 1 aliphatic heterocycles. The van der Waals surface area contributed by atoms with Crippen molar-refractivity contribution in [2.45, 2.75) is 19.4 Å². The summed E-state index contributed by atoms with van der Waals surface area (Å²) >= 11 is 0. The fourth-order valence-corrected chi connectivity index (χ4v) is 1.68. The van der Waals surface area contributed by atoms with Crippen LogP contribution in [0.2, 0.25) is 0 Å². The van der Waals surface area contributed by atoms with Gasteiger partial charge in [-0.1, -0.05) is 6.92 Å². The molecule has 1 fully saturated rings. The first-order valence-electron chi connectivity index (χ1n) is 4.50. The summed E-state index contributed by atoms with van der Waals surface area (Å²) in [6.07, 6.45) is -0.776. The second-order valence-electron chi connectivity index (χ2n) is 3.80. The summed E-state index contributed by atoms with van der Waals surface area (Å²) in [5.41, 5.74) is 0. The Labute approximate surface area is 75.8 Å². The van der Waals surface area contributed by atoms with Gasteiger partial charge in [0.15, 0.2) is 0 Å². The van der Waals surface area contributed by atoms with Crippen LogP contribution in [-0.2, 0) is 0 Å². The van der Waals surface area contributed by atoms with Gasteiger partial charge in [0.1, 0.15) is 0 Å². The topological polar surface area (TPSA) is 23.5 Å². The lowest BCUT2D eigenvalue weighted by atomic mass is 9.88. The molecule has 13 heavy (non-hydrogen) atoms. The smallest absolute Gasteiger partial charge is 0.448 e. The summed E-state index contributed by atoms with van der Waals surface area (Å²) in [5.74, 6) is -0.0492. The van der Waals surface area contributed by atoms with Gasteiger partial charge in [0.2, 0.25) is 0 Å². The maximum atomic E-state index is 12.0. The zero-order valence-electron chi connectivity index (χ0n) is 7.59. The third kappa shape index (κ3) is 3.56. The van der Waals surface area contributed by atoms with Crippen LogP contribution in [0.25, 0.3) is 0 Å². The lowest BCUT2D eigenvalue weighted by molar-refractivity contribution is 0.0386. The zero-order valence-corrected chi connectivity index (χ0v) is 7.59. The van der Waals surface area contributed by atoms with Crippen molar-refractivity contribution < 1.29 is 18.1 Å². The fraction of sp³-hybridized carbons (Fsp3) is 1.00. The SMILES string of the molecule is CC1CN(C[B-](F)(F)F)CCC1O. The summed E-state index contributed by atoms with van der Waals surface area (Å²) in [5, 5.41) is 9.29. The summed E-state index contributed by atoms with van der Waals surface area (Å²) in [6.45, 7) is -2.24. The number of aliphatic hydroxyl groups is 1. The molecule has 1 N–H and O–H groups in total. The molecule has 0 aromatic heterocycles. The standard InChI is InChI=1S/C7H14BF3NO/c1-6-4-12(3-2-7(6)13)5-8(9,10)11/h6-7,13H,2-5H2,1H3/q-1. The quantitative estimate of drug-likeness (QED) is 0.667. The number of likely N-dealkylation sites (tertiary alicyclic amines) is 1. The van der Waals surface area contributed by atoms with Gasteiger partial charge in [-0.25, -0.2) is 0 Å². The number of aliphatic hydroxyl groups excluding tert-OH is 1. The number of piperidine rings is 1. The number of halogens is 3. The van der Waals surface area contributed by atoms with Crippen LogP contribution >= 0.6 is 0 Å². The molecule has 78 valence electrons. The highest BCUT2D eigenvalue weighted by Gasteiger charge is 2.31. The maximum absolute atomic E-state index is 12.0. The van der Waals surface area contributed by atoms with Gasteiger partial charge in [-0.3, -0.25) is 0 Å². The highest BCUT2D eigenvalue weighted by Crippen LogP contribution is 2.19. The molecule has 2 nitrogen and oxygen atoms in total. The molecule has 1 aliphatic rings. The van der Waals surface area contributed by atoms with Crippen molar-refractivity contribution in [3.05, 3.63) is 0 Å². The largest absolute Gasteiger partial charge is 0.492 e. The normalized spacial score (nSPS) is 32.1. The Kier molecular flexibility index (Phi) is 3.24. The van der Waals surface area contributed by atoms with Gasteiger partial charge in [-0.05, 0) is 31.9 Å². The van der Waals surface area contributed by atoms with E-state index in [1.54, 1.807) is 6.92 Å². The summed E-state index contributed by atoms with van der Waals surface area (Å²) in [6, 6.07) is 0. The molecule has 0 spiro atoms. The number of rotatable bonds is 2. The molecule has 1 saturated heterocycles. The second kappa shape index (κ2) is 3.88. The predicted octanol–water partition coefficient (Wildman–Crippen LogP) is 1.08. The van der Waals surface area contributed by atoms with Crippen LogP contribution in [-0.4, -0.2) is 42.6 Å². The molecule has 0 aliphatic carbocycles. The van der Waals surface area contributed by atoms with Crippen molar-refractivity contribution in [1.29, 1.82) is 0 Å². The zero-order chi connectivity index (χ0) is 10.1. The van der Waals surface area contributed by atoms with Crippen LogP contribution in [0.1, 0.15) is 13.3 Å². The molecule has 0 aromatic carbocycles. The first-order chi connectivity index (χ1) is 5.88. The average molecular weight is 196 g/mol. The van der Waals surface area contributed by atoms with E-state index in [1.807, 2.05) is 0 Å². The Morgan fingerprint density at radius 3 is 2.54 bits per heavy atom. The minimum absolute atomic E-state index is 0.0492. The molecule has 6 heteroatoms. The van der Waals surface area contributed by atoms with Crippen molar-refractivity contribution in [3.8, 4) is 0 Å². The molecule has 0 saturated carbocycles. The highest BCUT2D eigenvalue weighted by atomic mass is 19.4. The van der Waals surface area contributed by atoms with E-state index in [0.29, 0.717) is 19.5 Å². The Bertz CT molecular complexity index is 176. The van der Waals surface area contributed by atoms with Crippen LogP contribution in [0.3, 0.4) is 0 Å². The van der Waals surface area contributed by atoms with Gasteiger partial charge in [0.05, 0.1) is 6.10 Å². The van der Waals surface area contributed by atoms with Crippen molar-refractivity contribution in [3.63, 3.8) is 0 Å². The molecular formula is C7H14BF3NO-. The van der Waals surface area contributed by atoms with Crippen LogP contribution in [0.5, 0.6) is 0 Å².